The molecule has 100 valence electrons. The van der Waals surface area contributed by atoms with E-state index < -0.39 is 0 Å². The number of anilines is 1. The van der Waals surface area contributed by atoms with Crippen molar-refractivity contribution in [2.45, 2.75) is 19.8 Å². The predicted molar refractivity (Wildman–Crippen MR) is 71.3 cm³/mol. The van der Waals surface area contributed by atoms with Crippen molar-refractivity contribution >= 4 is 11.6 Å². The molecule has 0 bridgehead atoms. The fraction of sp³-hybridized carbons (Fsp3) is 0.286. The molecule has 0 saturated carbocycles. The number of nitrogens with zero attached hydrogens (tertiary/aromatic N) is 2. The third-order valence-corrected chi connectivity index (χ3v) is 2.87. The normalized spacial score (nSPS) is 10.5. The lowest BCUT2D eigenvalue weighted by Crippen LogP contribution is -2.13. The summed E-state index contributed by atoms with van der Waals surface area (Å²) in [5, 5.41) is 6.91. The van der Waals surface area contributed by atoms with Crippen molar-refractivity contribution in [1.82, 2.24) is 9.78 Å². The Morgan fingerprint density at radius 3 is 2.79 bits per heavy atom. The van der Waals surface area contributed by atoms with E-state index in [0.29, 0.717) is 17.7 Å². The Morgan fingerprint density at radius 1 is 1.42 bits per heavy atom. The first kappa shape index (κ1) is 13.3. The van der Waals surface area contributed by atoms with Crippen molar-refractivity contribution < 1.29 is 9.18 Å². The van der Waals surface area contributed by atoms with Gasteiger partial charge in [0.15, 0.2) is 0 Å². The second-order valence-corrected chi connectivity index (χ2v) is 4.44. The fourth-order valence-corrected chi connectivity index (χ4v) is 1.88. The van der Waals surface area contributed by atoms with Crippen molar-refractivity contribution in [3.63, 3.8) is 0 Å². The molecule has 0 unspecified atom stereocenters. The summed E-state index contributed by atoms with van der Waals surface area (Å²) in [6.07, 6.45) is 2.38. The number of carbonyl (C=O) groups excluding carboxylic acids is 1. The average molecular weight is 261 g/mol. The van der Waals surface area contributed by atoms with Crippen molar-refractivity contribution in [2.75, 3.05) is 5.32 Å². The lowest BCUT2D eigenvalue weighted by molar-refractivity contribution is -0.116. The number of amides is 1. The van der Waals surface area contributed by atoms with Gasteiger partial charge in [0.1, 0.15) is 5.82 Å². The van der Waals surface area contributed by atoms with Gasteiger partial charge in [-0.05, 0) is 25.0 Å². The van der Waals surface area contributed by atoms with Gasteiger partial charge in [0, 0.05) is 19.7 Å². The van der Waals surface area contributed by atoms with Gasteiger partial charge in [0.05, 0.1) is 11.4 Å². The third-order valence-electron chi connectivity index (χ3n) is 2.87. The fourth-order valence-electron chi connectivity index (χ4n) is 1.88. The summed E-state index contributed by atoms with van der Waals surface area (Å²) in [4.78, 5) is 11.8. The highest BCUT2D eigenvalue weighted by Gasteiger charge is 2.09. The van der Waals surface area contributed by atoms with Gasteiger partial charge < -0.3 is 5.32 Å². The number of benzene rings is 1. The summed E-state index contributed by atoms with van der Waals surface area (Å²) in [6, 6.07) is 6.50. The van der Waals surface area contributed by atoms with Crippen LogP contribution in [0.4, 0.5) is 10.1 Å². The number of halogens is 1. The standard InChI is InChI=1S/C14H16FN3O/c1-10-13(9-18(2)17-10)16-14(19)8-7-11-5-3-4-6-12(11)15/h3-6,9H,7-8H2,1-2H3,(H,16,19). The van der Waals surface area contributed by atoms with Crippen molar-refractivity contribution in [1.29, 1.82) is 0 Å². The molecule has 1 aromatic heterocycles. The third kappa shape index (κ3) is 3.40. The topological polar surface area (TPSA) is 46.9 Å². The summed E-state index contributed by atoms with van der Waals surface area (Å²) < 4.78 is 15.0. The van der Waals surface area contributed by atoms with Gasteiger partial charge in [-0.2, -0.15) is 5.10 Å². The number of rotatable bonds is 4. The molecular formula is C14H16FN3O. The molecule has 1 heterocycles. The van der Waals surface area contributed by atoms with Gasteiger partial charge in [-0.3, -0.25) is 9.48 Å². The minimum absolute atomic E-state index is 0.139. The van der Waals surface area contributed by atoms with E-state index >= 15 is 0 Å². The predicted octanol–water partition coefficient (Wildman–Crippen LogP) is 2.44. The number of hydrogen-bond acceptors (Lipinski definition) is 2. The molecule has 19 heavy (non-hydrogen) atoms. The number of nitrogens with one attached hydrogen (secondary N) is 1. The molecule has 2 aromatic rings. The summed E-state index contributed by atoms with van der Waals surface area (Å²) in [7, 11) is 1.79. The molecule has 0 radical (unpaired) electrons. The molecule has 2 rings (SSSR count). The van der Waals surface area contributed by atoms with Crippen LogP contribution < -0.4 is 5.32 Å². The molecule has 0 aliphatic rings. The average Bonchev–Trinajstić information content (AvgIpc) is 2.67. The molecule has 0 aliphatic heterocycles. The smallest absolute Gasteiger partial charge is 0.224 e. The number of carbonyl (C=O) groups is 1. The molecular weight excluding hydrogens is 245 g/mol. The van der Waals surface area contributed by atoms with Crippen LogP contribution in [0.1, 0.15) is 17.7 Å². The Morgan fingerprint density at radius 2 is 2.16 bits per heavy atom. The lowest BCUT2D eigenvalue weighted by atomic mass is 10.1. The van der Waals surface area contributed by atoms with Gasteiger partial charge in [0.25, 0.3) is 0 Å². The van der Waals surface area contributed by atoms with Gasteiger partial charge in [0.2, 0.25) is 5.91 Å². The Labute approximate surface area is 111 Å². The first-order valence-electron chi connectivity index (χ1n) is 6.10. The highest BCUT2D eigenvalue weighted by Crippen LogP contribution is 2.13. The van der Waals surface area contributed by atoms with Crippen LogP contribution in [-0.2, 0) is 18.3 Å². The summed E-state index contributed by atoms with van der Waals surface area (Å²) in [6.45, 7) is 1.83. The maximum Gasteiger partial charge on any atom is 0.224 e. The van der Waals surface area contributed by atoms with Crippen molar-refractivity contribution in [2.24, 2.45) is 7.05 Å². The summed E-state index contributed by atoms with van der Waals surface area (Å²) in [5.41, 5.74) is 2.02. The monoisotopic (exact) mass is 261 g/mol. The first-order chi connectivity index (χ1) is 9.06. The second-order valence-electron chi connectivity index (χ2n) is 4.44. The maximum absolute atomic E-state index is 13.4. The van der Waals surface area contributed by atoms with E-state index in [1.54, 1.807) is 36.1 Å². The Hall–Kier alpha value is -2.17. The lowest BCUT2D eigenvalue weighted by Gasteiger charge is -2.04. The van der Waals surface area contributed by atoms with Crippen LogP contribution in [0.3, 0.4) is 0 Å². The van der Waals surface area contributed by atoms with E-state index in [-0.39, 0.29) is 18.1 Å². The van der Waals surface area contributed by atoms with Crippen LogP contribution in [0.25, 0.3) is 0 Å². The number of aromatic nitrogens is 2. The molecule has 1 aromatic carbocycles. The van der Waals surface area contributed by atoms with Crippen LogP contribution in [-0.4, -0.2) is 15.7 Å². The Bertz CT molecular complexity index is 592. The minimum Gasteiger partial charge on any atom is -0.323 e. The quantitative estimate of drug-likeness (QED) is 0.918. The zero-order chi connectivity index (χ0) is 13.8. The van der Waals surface area contributed by atoms with Crippen molar-refractivity contribution in [3.8, 4) is 0 Å². The zero-order valence-corrected chi connectivity index (χ0v) is 11.0. The minimum atomic E-state index is -0.271. The molecule has 0 atom stereocenters. The largest absolute Gasteiger partial charge is 0.323 e. The number of aryl methyl sites for hydroxylation is 3. The van der Waals surface area contributed by atoms with Crippen LogP contribution in [0.15, 0.2) is 30.5 Å². The highest BCUT2D eigenvalue weighted by molar-refractivity contribution is 5.91. The Balaban J connectivity index is 1.92. The SMILES string of the molecule is Cc1nn(C)cc1NC(=O)CCc1ccccc1F. The van der Waals surface area contributed by atoms with Crippen LogP contribution in [0, 0.1) is 12.7 Å². The van der Waals surface area contributed by atoms with Gasteiger partial charge >= 0.3 is 0 Å². The van der Waals surface area contributed by atoms with Crippen LogP contribution >= 0.6 is 0 Å². The second kappa shape index (κ2) is 5.65. The van der Waals surface area contributed by atoms with Gasteiger partial charge in [-0.25, -0.2) is 4.39 Å². The van der Waals surface area contributed by atoms with Gasteiger partial charge in [-0.1, -0.05) is 18.2 Å². The molecule has 0 saturated heterocycles. The molecule has 4 nitrogen and oxygen atoms in total. The summed E-state index contributed by atoms with van der Waals surface area (Å²) in [5.74, 6) is -0.410. The molecule has 5 heteroatoms. The molecule has 0 spiro atoms. The zero-order valence-electron chi connectivity index (χ0n) is 11.0. The van der Waals surface area contributed by atoms with Crippen LogP contribution in [0.2, 0.25) is 0 Å². The Kier molecular flexibility index (Phi) is 3.94. The molecule has 0 fully saturated rings. The molecule has 0 aliphatic carbocycles. The van der Waals surface area contributed by atoms with E-state index in [0.717, 1.165) is 5.69 Å². The highest BCUT2D eigenvalue weighted by atomic mass is 19.1. The number of hydrogen-bond donors (Lipinski definition) is 1. The summed E-state index contributed by atoms with van der Waals surface area (Å²) >= 11 is 0. The molecule has 1 amide bonds. The maximum atomic E-state index is 13.4. The van der Waals surface area contributed by atoms with E-state index in [2.05, 4.69) is 10.4 Å². The van der Waals surface area contributed by atoms with E-state index in [9.17, 15) is 9.18 Å². The van der Waals surface area contributed by atoms with Gasteiger partial charge in [-0.15, -0.1) is 0 Å². The first-order valence-corrected chi connectivity index (χ1v) is 6.10. The van der Waals surface area contributed by atoms with E-state index in [4.69, 9.17) is 0 Å². The van der Waals surface area contributed by atoms with E-state index in [1.807, 2.05) is 6.92 Å². The van der Waals surface area contributed by atoms with Crippen LogP contribution in [0.5, 0.6) is 0 Å². The van der Waals surface area contributed by atoms with E-state index in [1.165, 1.54) is 6.07 Å². The van der Waals surface area contributed by atoms with Crippen molar-refractivity contribution in [3.05, 3.63) is 47.5 Å². The molecule has 1 N–H and O–H groups in total.